The van der Waals surface area contributed by atoms with Crippen LogP contribution in [0.25, 0.3) is 21.3 Å². The van der Waals surface area contributed by atoms with Crippen molar-refractivity contribution in [1.29, 1.82) is 0 Å². The highest BCUT2D eigenvalue weighted by Gasteiger charge is 2.24. The highest BCUT2D eigenvalue weighted by atomic mass is 32.2. The van der Waals surface area contributed by atoms with Crippen LogP contribution < -0.4 is 0 Å². The maximum atomic E-state index is 11.8. The predicted molar refractivity (Wildman–Crippen MR) is 98.6 cm³/mol. The van der Waals surface area contributed by atoms with Gasteiger partial charge in [-0.25, -0.2) is 9.97 Å². The summed E-state index contributed by atoms with van der Waals surface area (Å²) in [5, 5.41) is 2.90. The second kappa shape index (κ2) is 6.83. The minimum atomic E-state index is -0.728. The highest BCUT2D eigenvalue weighted by molar-refractivity contribution is 8.01. The van der Waals surface area contributed by atoms with Crippen LogP contribution in [0.3, 0.4) is 0 Å². The van der Waals surface area contributed by atoms with Crippen molar-refractivity contribution >= 4 is 44.9 Å². The zero-order valence-corrected chi connectivity index (χ0v) is 15.2. The molecule has 0 unspecified atom stereocenters. The van der Waals surface area contributed by atoms with Crippen LogP contribution in [0.2, 0.25) is 0 Å². The number of ketones is 2. The molecule has 0 aliphatic rings. The zero-order chi connectivity index (χ0) is 17.3. The van der Waals surface area contributed by atoms with Crippen molar-refractivity contribution in [3.8, 4) is 11.1 Å². The Morgan fingerprint density at radius 2 is 1.75 bits per heavy atom. The lowest BCUT2D eigenvalue weighted by Crippen LogP contribution is -2.22. The summed E-state index contributed by atoms with van der Waals surface area (Å²) in [6, 6.07) is 8.24. The molecule has 3 rings (SSSR count). The first kappa shape index (κ1) is 16.8. The molecule has 0 saturated heterocycles. The van der Waals surface area contributed by atoms with Crippen molar-refractivity contribution in [3.63, 3.8) is 0 Å². The van der Waals surface area contributed by atoms with Gasteiger partial charge in [0.15, 0.2) is 11.6 Å². The number of hydrogen-bond donors (Lipinski definition) is 0. The Morgan fingerprint density at radius 1 is 1.08 bits per heavy atom. The number of thiophene rings is 1. The molecule has 0 atom stereocenters. The van der Waals surface area contributed by atoms with E-state index in [9.17, 15) is 9.59 Å². The minimum absolute atomic E-state index is 0.161. The first-order valence-electron chi connectivity index (χ1n) is 7.44. The average molecular weight is 356 g/mol. The summed E-state index contributed by atoms with van der Waals surface area (Å²) in [4.78, 5) is 33.1. The first-order chi connectivity index (χ1) is 11.5. The Morgan fingerprint density at radius 3 is 2.38 bits per heavy atom. The van der Waals surface area contributed by atoms with Crippen LogP contribution in [0.15, 0.2) is 41.0 Å². The Kier molecular flexibility index (Phi) is 4.78. The molecular weight excluding hydrogens is 340 g/mol. The van der Waals surface area contributed by atoms with Crippen molar-refractivity contribution in [1.82, 2.24) is 9.97 Å². The second-order valence-corrected chi connectivity index (χ2v) is 7.55. The number of Topliss-reactive ketones (excluding diaryl/α,β-unsaturated/α-hetero) is 2. The smallest absolute Gasteiger partial charge is 0.150 e. The summed E-state index contributed by atoms with van der Waals surface area (Å²) in [7, 11) is 0. The van der Waals surface area contributed by atoms with E-state index in [-0.39, 0.29) is 11.6 Å². The molecule has 0 aliphatic heterocycles. The molecule has 1 aromatic carbocycles. The number of aromatic nitrogens is 2. The maximum absolute atomic E-state index is 11.8. The fourth-order valence-electron chi connectivity index (χ4n) is 2.45. The third kappa shape index (κ3) is 3.25. The number of carbonyl (C=O) groups is 2. The monoisotopic (exact) mass is 356 g/mol. The van der Waals surface area contributed by atoms with Crippen molar-refractivity contribution in [2.24, 2.45) is 0 Å². The molecule has 2 aromatic heterocycles. The fraction of sp³-hybridized carbons (Fsp3) is 0.222. The van der Waals surface area contributed by atoms with Gasteiger partial charge in [-0.05, 0) is 26.3 Å². The van der Waals surface area contributed by atoms with Gasteiger partial charge in [0, 0.05) is 10.9 Å². The normalized spacial score (nSPS) is 11.2. The first-order valence-corrected chi connectivity index (χ1v) is 9.20. The van der Waals surface area contributed by atoms with E-state index >= 15 is 0 Å². The molecule has 0 radical (unpaired) electrons. The highest BCUT2D eigenvalue weighted by Crippen LogP contribution is 2.39. The third-order valence-corrected chi connectivity index (χ3v) is 5.98. The molecule has 2 heterocycles. The number of thioether (sulfide) groups is 1. The Hall–Kier alpha value is -2.05. The van der Waals surface area contributed by atoms with Gasteiger partial charge in [-0.3, -0.25) is 9.59 Å². The molecule has 0 spiro atoms. The fourth-order valence-corrected chi connectivity index (χ4v) is 4.41. The lowest BCUT2D eigenvalue weighted by molar-refractivity contribution is -0.123. The average Bonchev–Trinajstić information content (AvgIpc) is 2.97. The molecule has 24 heavy (non-hydrogen) atoms. The summed E-state index contributed by atoms with van der Waals surface area (Å²) in [5.41, 5.74) is 3.30. The van der Waals surface area contributed by atoms with Gasteiger partial charge in [0.05, 0.1) is 5.39 Å². The summed E-state index contributed by atoms with van der Waals surface area (Å²) in [5.74, 6) is -0.322. The minimum Gasteiger partial charge on any atom is -0.298 e. The molecule has 6 heteroatoms. The summed E-state index contributed by atoms with van der Waals surface area (Å²) in [6.07, 6.45) is 1.48. The van der Waals surface area contributed by atoms with E-state index in [1.807, 2.05) is 12.3 Å². The van der Waals surface area contributed by atoms with Gasteiger partial charge >= 0.3 is 0 Å². The maximum Gasteiger partial charge on any atom is 0.150 e. The van der Waals surface area contributed by atoms with E-state index in [0.717, 1.165) is 21.3 Å². The van der Waals surface area contributed by atoms with Crippen LogP contribution in [-0.2, 0) is 9.59 Å². The molecule has 4 nitrogen and oxygen atoms in total. The summed E-state index contributed by atoms with van der Waals surface area (Å²) >= 11 is 2.74. The Balaban J connectivity index is 2.12. The molecule has 0 bridgehead atoms. The number of fused-ring (bicyclic) bond motifs is 1. The molecule has 0 aliphatic carbocycles. The van der Waals surface area contributed by atoms with Crippen LogP contribution in [-0.4, -0.2) is 26.8 Å². The van der Waals surface area contributed by atoms with E-state index in [4.69, 9.17) is 0 Å². The predicted octanol–water partition coefficient (Wildman–Crippen LogP) is 4.31. The Labute approximate surface area is 148 Å². The van der Waals surface area contributed by atoms with Crippen molar-refractivity contribution in [2.75, 3.05) is 0 Å². The van der Waals surface area contributed by atoms with Crippen molar-refractivity contribution in [3.05, 3.63) is 41.5 Å². The van der Waals surface area contributed by atoms with E-state index in [1.165, 1.54) is 48.8 Å². The lowest BCUT2D eigenvalue weighted by Gasteiger charge is -2.10. The number of hydrogen-bond acceptors (Lipinski definition) is 6. The quantitative estimate of drug-likeness (QED) is 0.387. The number of benzene rings is 1. The van der Waals surface area contributed by atoms with E-state index < -0.39 is 5.25 Å². The van der Waals surface area contributed by atoms with Gasteiger partial charge in [-0.15, -0.1) is 11.3 Å². The van der Waals surface area contributed by atoms with Crippen LogP contribution in [0.1, 0.15) is 19.4 Å². The number of aryl methyl sites for hydroxylation is 1. The molecule has 0 fully saturated rings. The SMILES string of the molecule is CC(=O)C(Sc1ncnc2scc(-c3ccc(C)cc3)c12)C(C)=O. The molecular formula is C18H16N2O2S2. The van der Waals surface area contributed by atoms with Gasteiger partial charge in [0.2, 0.25) is 0 Å². The summed E-state index contributed by atoms with van der Waals surface area (Å²) in [6.45, 7) is 4.92. The molecule has 122 valence electrons. The zero-order valence-electron chi connectivity index (χ0n) is 13.6. The van der Waals surface area contributed by atoms with Crippen LogP contribution in [0.4, 0.5) is 0 Å². The topological polar surface area (TPSA) is 59.9 Å². The van der Waals surface area contributed by atoms with Gasteiger partial charge in [0.1, 0.15) is 21.4 Å². The number of rotatable bonds is 5. The molecule has 3 aromatic rings. The van der Waals surface area contributed by atoms with Crippen molar-refractivity contribution < 1.29 is 9.59 Å². The lowest BCUT2D eigenvalue weighted by atomic mass is 10.1. The van der Waals surface area contributed by atoms with Gasteiger partial charge in [-0.1, -0.05) is 41.6 Å². The van der Waals surface area contributed by atoms with Gasteiger partial charge < -0.3 is 0 Å². The number of carbonyl (C=O) groups excluding carboxylic acids is 2. The molecule has 0 amide bonds. The standard InChI is InChI=1S/C18H16N2O2S2/c1-10-4-6-13(7-5-10)14-8-23-17-15(14)18(20-9-19-17)24-16(11(2)21)12(3)22/h4-9,16H,1-3H3. The van der Waals surface area contributed by atoms with Crippen LogP contribution in [0.5, 0.6) is 0 Å². The largest absolute Gasteiger partial charge is 0.298 e. The van der Waals surface area contributed by atoms with Gasteiger partial charge in [0.25, 0.3) is 0 Å². The van der Waals surface area contributed by atoms with Crippen molar-refractivity contribution in [2.45, 2.75) is 31.0 Å². The Bertz CT molecular complexity index is 902. The van der Waals surface area contributed by atoms with E-state index in [2.05, 4.69) is 34.2 Å². The summed E-state index contributed by atoms with van der Waals surface area (Å²) < 4.78 is 0. The van der Waals surface area contributed by atoms with Crippen LogP contribution in [0, 0.1) is 6.92 Å². The number of nitrogens with zero attached hydrogens (tertiary/aromatic N) is 2. The van der Waals surface area contributed by atoms with E-state index in [0.29, 0.717) is 5.03 Å². The van der Waals surface area contributed by atoms with Crippen LogP contribution >= 0.6 is 23.1 Å². The van der Waals surface area contributed by atoms with E-state index in [1.54, 1.807) is 0 Å². The third-order valence-electron chi connectivity index (χ3n) is 3.67. The molecule has 0 saturated carbocycles. The second-order valence-electron chi connectivity index (χ2n) is 5.59. The van der Waals surface area contributed by atoms with Gasteiger partial charge in [-0.2, -0.15) is 0 Å². The molecule has 0 N–H and O–H groups in total.